The fourth-order valence-corrected chi connectivity index (χ4v) is 1.05. The Balaban J connectivity index is 2.12. The average Bonchev–Trinajstić information content (AvgIpc) is 2.45. The lowest BCUT2D eigenvalue weighted by Gasteiger charge is -1.98. The van der Waals surface area contributed by atoms with Gasteiger partial charge in [-0.15, -0.1) is 0 Å². The van der Waals surface area contributed by atoms with Gasteiger partial charge in [0.1, 0.15) is 6.29 Å². The quantitative estimate of drug-likeness (QED) is 0.444. The summed E-state index contributed by atoms with van der Waals surface area (Å²) < 4.78 is 0. The summed E-state index contributed by atoms with van der Waals surface area (Å²) in [5.41, 5.74) is 0. The molecule has 0 amide bonds. The molecule has 1 rings (SSSR count). The Kier molecular flexibility index (Phi) is 1.86. The molecule has 0 unspecified atom stereocenters. The van der Waals surface area contributed by atoms with Gasteiger partial charge in [-0.1, -0.05) is 13.8 Å². The van der Waals surface area contributed by atoms with Crippen molar-refractivity contribution in [2.45, 2.75) is 32.4 Å². The zero-order valence-corrected chi connectivity index (χ0v) is 5.92. The van der Waals surface area contributed by atoms with Crippen LogP contribution in [0.25, 0.3) is 0 Å². The van der Waals surface area contributed by atoms with E-state index in [0.717, 1.165) is 12.7 Å². The fraction of sp³-hybridized carbons (Fsp3) is 0.857. The van der Waals surface area contributed by atoms with Crippen LogP contribution in [-0.2, 0) is 4.79 Å². The van der Waals surface area contributed by atoms with Crippen LogP contribution in [0.1, 0.15) is 20.3 Å². The second-order valence-corrected chi connectivity index (χ2v) is 3.06. The Morgan fingerprint density at radius 3 is 2.67 bits per heavy atom. The molecule has 0 aromatic rings. The number of nitrogens with one attached hydrogen (secondary N) is 1. The molecular formula is C7H13NO. The molecule has 1 saturated heterocycles. The molecule has 1 aliphatic heterocycles. The van der Waals surface area contributed by atoms with E-state index < -0.39 is 0 Å². The highest BCUT2D eigenvalue weighted by Gasteiger charge is 2.35. The molecule has 2 heteroatoms. The Morgan fingerprint density at radius 1 is 1.67 bits per heavy atom. The van der Waals surface area contributed by atoms with Crippen molar-refractivity contribution in [2.24, 2.45) is 5.92 Å². The first-order valence-corrected chi connectivity index (χ1v) is 3.45. The molecule has 0 aromatic heterocycles. The molecule has 0 saturated carbocycles. The summed E-state index contributed by atoms with van der Waals surface area (Å²) in [6, 6.07) is 0.662. The average molecular weight is 127 g/mol. The first-order valence-electron chi connectivity index (χ1n) is 3.45. The zero-order valence-electron chi connectivity index (χ0n) is 5.92. The van der Waals surface area contributed by atoms with Gasteiger partial charge in [0.05, 0.1) is 6.04 Å². The number of hydrogen-bond acceptors (Lipinski definition) is 2. The third-order valence-electron chi connectivity index (χ3n) is 1.60. The first-order chi connectivity index (χ1) is 4.24. The molecule has 0 aliphatic carbocycles. The van der Waals surface area contributed by atoms with Crippen LogP contribution in [0.15, 0.2) is 0 Å². The smallest absolute Gasteiger partial charge is 0.138 e. The molecule has 0 bridgehead atoms. The topological polar surface area (TPSA) is 39.0 Å². The van der Waals surface area contributed by atoms with Gasteiger partial charge in [-0.05, 0) is 12.3 Å². The van der Waals surface area contributed by atoms with Crippen molar-refractivity contribution in [3.05, 3.63) is 0 Å². The van der Waals surface area contributed by atoms with Gasteiger partial charge in [0, 0.05) is 6.04 Å². The SMILES string of the molecule is CC(C)C[C@@H]1N[C@H]1C=O. The number of carbonyl (C=O) groups excluding carboxylic acids is 1. The van der Waals surface area contributed by atoms with Crippen LogP contribution in [0.2, 0.25) is 0 Å². The molecule has 1 fully saturated rings. The largest absolute Gasteiger partial charge is 0.302 e. The predicted octanol–water partition coefficient (Wildman–Crippen LogP) is 0.572. The molecule has 1 heterocycles. The maximum Gasteiger partial charge on any atom is 0.138 e. The Hall–Kier alpha value is -0.370. The van der Waals surface area contributed by atoms with E-state index in [0.29, 0.717) is 12.0 Å². The third-order valence-corrected chi connectivity index (χ3v) is 1.60. The lowest BCUT2D eigenvalue weighted by molar-refractivity contribution is -0.107. The van der Waals surface area contributed by atoms with Crippen LogP contribution < -0.4 is 5.32 Å². The van der Waals surface area contributed by atoms with Crippen molar-refractivity contribution in [2.75, 3.05) is 0 Å². The molecule has 9 heavy (non-hydrogen) atoms. The maximum absolute atomic E-state index is 10.1. The van der Waals surface area contributed by atoms with Crippen molar-refractivity contribution in [3.8, 4) is 0 Å². The summed E-state index contributed by atoms with van der Waals surface area (Å²) >= 11 is 0. The number of rotatable bonds is 3. The second-order valence-electron chi connectivity index (χ2n) is 3.06. The molecule has 52 valence electrons. The van der Waals surface area contributed by atoms with Crippen LogP contribution in [-0.4, -0.2) is 18.4 Å². The number of aldehydes is 1. The van der Waals surface area contributed by atoms with Gasteiger partial charge < -0.3 is 10.1 Å². The minimum Gasteiger partial charge on any atom is -0.302 e. The van der Waals surface area contributed by atoms with Gasteiger partial charge in [-0.3, -0.25) is 0 Å². The van der Waals surface area contributed by atoms with Crippen LogP contribution >= 0.6 is 0 Å². The van der Waals surface area contributed by atoms with E-state index >= 15 is 0 Å². The Labute approximate surface area is 55.6 Å². The van der Waals surface area contributed by atoms with Gasteiger partial charge in [-0.2, -0.15) is 0 Å². The summed E-state index contributed by atoms with van der Waals surface area (Å²) in [5.74, 6) is 0.701. The predicted molar refractivity (Wildman–Crippen MR) is 36.2 cm³/mol. The van der Waals surface area contributed by atoms with E-state index in [9.17, 15) is 4.79 Å². The van der Waals surface area contributed by atoms with Crippen molar-refractivity contribution >= 4 is 6.29 Å². The minimum atomic E-state index is 0.174. The third kappa shape index (κ3) is 1.79. The lowest BCUT2D eigenvalue weighted by Crippen LogP contribution is -1.99. The molecule has 2 nitrogen and oxygen atoms in total. The van der Waals surface area contributed by atoms with Crippen molar-refractivity contribution in [1.82, 2.24) is 5.32 Å². The molecule has 0 spiro atoms. The van der Waals surface area contributed by atoms with Gasteiger partial charge in [0.2, 0.25) is 0 Å². The molecular weight excluding hydrogens is 114 g/mol. The van der Waals surface area contributed by atoms with Gasteiger partial charge >= 0.3 is 0 Å². The zero-order chi connectivity index (χ0) is 6.85. The Bertz CT molecular complexity index is 111. The molecule has 0 aromatic carbocycles. The number of hydrogen-bond donors (Lipinski definition) is 1. The summed E-state index contributed by atoms with van der Waals surface area (Å²) in [6.45, 7) is 4.34. The monoisotopic (exact) mass is 127 g/mol. The standard InChI is InChI=1S/C7H13NO/c1-5(2)3-6-7(4-9)8-6/h4-8H,3H2,1-2H3/t6-,7-/m0/s1. The molecule has 2 atom stereocenters. The highest BCUT2D eigenvalue weighted by molar-refractivity contribution is 5.63. The molecule has 0 radical (unpaired) electrons. The van der Waals surface area contributed by atoms with Gasteiger partial charge in [-0.25, -0.2) is 0 Å². The van der Waals surface area contributed by atoms with Crippen LogP contribution in [0.3, 0.4) is 0 Å². The van der Waals surface area contributed by atoms with Crippen molar-refractivity contribution in [1.29, 1.82) is 0 Å². The second kappa shape index (κ2) is 2.48. The van der Waals surface area contributed by atoms with Crippen LogP contribution in [0, 0.1) is 5.92 Å². The van der Waals surface area contributed by atoms with Crippen molar-refractivity contribution in [3.63, 3.8) is 0 Å². The minimum absolute atomic E-state index is 0.174. The normalized spacial score (nSPS) is 32.8. The van der Waals surface area contributed by atoms with Gasteiger partial charge in [0.15, 0.2) is 0 Å². The summed E-state index contributed by atoms with van der Waals surface area (Å²) in [5, 5.41) is 3.08. The van der Waals surface area contributed by atoms with Crippen LogP contribution in [0.5, 0.6) is 0 Å². The fourth-order valence-electron chi connectivity index (χ4n) is 1.05. The van der Waals surface area contributed by atoms with E-state index in [2.05, 4.69) is 19.2 Å². The van der Waals surface area contributed by atoms with E-state index in [1.165, 1.54) is 0 Å². The van der Waals surface area contributed by atoms with E-state index in [4.69, 9.17) is 0 Å². The van der Waals surface area contributed by atoms with E-state index in [1.54, 1.807) is 0 Å². The van der Waals surface area contributed by atoms with Gasteiger partial charge in [0.25, 0.3) is 0 Å². The molecule has 1 aliphatic rings. The summed E-state index contributed by atoms with van der Waals surface area (Å²) in [4.78, 5) is 10.1. The van der Waals surface area contributed by atoms with E-state index in [1.807, 2.05) is 0 Å². The highest BCUT2D eigenvalue weighted by Crippen LogP contribution is 2.17. The number of carbonyl (C=O) groups is 1. The highest BCUT2D eigenvalue weighted by atomic mass is 16.1. The summed E-state index contributed by atoms with van der Waals surface area (Å²) in [6.07, 6.45) is 2.12. The van der Waals surface area contributed by atoms with Crippen molar-refractivity contribution < 1.29 is 4.79 Å². The molecule has 1 N–H and O–H groups in total. The maximum atomic E-state index is 10.1. The van der Waals surface area contributed by atoms with E-state index in [-0.39, 0.29) is 6.04 Å². The first kappa shape index (κ1) is 6.75. The summed E-state index contributed by atoms with van der Waals surface area (Å²) in [7, 11) is 0. The van der Waals surface area contributed by atoms with Crippen LogP contribution in [0.4, 0.5) is 0 Å². The Morgan fingerprint density at radius 2 is 2.33 bits per heavy atom. The lowest BCUT2D eigenvalue weighted by atomic mass is 10.1.